The minimum Gasteiger partial charge on any atom is -0.198 e. The summed E-state index contributed by atoms with van der Waals surface area (Å²) in [7, 11) is 0. The smallest absolute Gasteiger partial charge is 0.0664 e. The highest BCUT2D eigenvalue weighted by atomic mass is 79.9. The van der Waals surface area contributed by atoms with Gasteiger partial charge in [0.15, 0.2) is 0 Å². The van der Waals surface area contributed by atoms with Crippen LogP contribution in [-0.4, -0.2) is 5.33 Å². The summed E-state index contributed by atoms with van der Waals surface area (Å²) in [6.07, 6.45) is 7.98. The van der Waals surface area contributed by atoms with Crippen molar-refractivity contribution in [3.63, 3.8) is 0 Å². The number of halogens is 1. The molecule has 0 aliphatic heterocycles. The standard InChI is InChI=1S/C10H16BrN/c11-7-10(8-12)6-9-4-2-1-3-5-9/h9-10H,1-7H2. The third kappa shape index (κ3) is 3.15. The summed E-state index contributed by atoms with van der Waals surface area (Å²) in [6.45, 7) is 0. The molecule has 12 heavy (non-hydrogen) atoms. The molecule has 0 amide bonds. The Hall–Kier alpha value is -0.0300. The van der Waals surface area contributed by atoms with Crippen molar-refractivity contribution < 1.29 is 0 Å². The predicted molar refractivity (Wildman–Crippen MR) is 54.1 cm³/mol. The Balaban J connectivity index is 2.24. The van der Waals surface area contributed by atoms with Crippen molar-refractivity contribution >= 4 is 15.9 Å². The topological polar surface area (TPSA) is 23.8 Å². The lowest BCUT2D eigenvalue weighted by molar-refractivity contribution is 0.319. The molecule has 0 spiro atoms. The van der Waals surface area contributed by atoms with Gasteiger partial charge >= 0.3 is 0 Å². The van der Waals surface area contributed by atoms with Gasteiger partial charge in [-0.2, -0.15) is 5.26 Å². The fraction of sp³-hybridized carbons (Fsp3) is 0.900. The van der Waals surface area contributed by atoms with E-state index in [2.05, 4.69) is 22.0 Å². The minimum atomic E-state index is 0.244. The average molecular weight is 230 g/mol. The Labute approximate surface area is 83.3 Å². The molecule has 0 aromatic heterocycles. The zero-order chi connectivity index (χ0) is 8.81. The second-order valence-electron chi connectivity index (χ2n) is 3.72. The van der Waals surface area contributed by atoms with Crippen LogP contribution in [0.4, 0.5) is 0 Å². The lowest BCUT2D eigenvalue weighted by atomic mass is 9.84. The Bertz CT molecular complexity index is 156. The summed E-state index contributed by atoms with van der Waals surface area (Å²) in [4.78, 5) is 0. The van der Waals surface area contributed by atoms with E-state index in [0.717, 1.165) is 17.7 Å². The molecular formula is C10H16BrN. The van der Waals surface area contributed by atoms with Crippen molar-refractivity contribution in [3.8, 4) is 6.07 Å². The van der Waals surface area contributed by atoms with Crippen LogP contribution in [0.2, 0.25) is 0 Å². The van der Waals surface area contributed by atoms with E-state index in [1.165, 1.54) is 32.1 Å². The molecule has 0 N–H and O–H groups in total. The van der Waals surface area contributed by atoms with Crippen molar-refractivity contribution in [2.75, 3.05) is 5.33 Å². The molecular weight excluding hydrogens is 214 g/mol. The van der Waals surface area contributed by atoms with Crippen LogP contribution < -0.4 is 0 Å². The van der Waals surface area contributed by atoms with Crippen LogP contribution in [0.5, 0.6) is 0 Å². The normalized spacial score (nSPS) is 21.7. The molecule has 1 unspecified atom stereocenters. The quantitative estimate of drug-likeness (QED) is 0.681. The van der Waals surface area contributed by atoms with Crippen LogP contribution in [0.25, 0.3) is 0 Å². The second-order valence-corrected chi connectivity index (χ2v) is 4.37. The van der Waals surface area contributed by atoms with Gasteiger partial charge in [0.1, 0.15) is 0 Å². The highest BCUT2D eigenvalue weighted by Crippen LogP contribution is 2.29. The Kier molecular flexibility index (Phi) is 4.68. The predicted octanol–water partition coefficient (Wildman–Crippen LogP) is 3.49. The van der Waals surface area contributed by atoms with Crippen molar-refractivity contribution in [2.24, 2.45) is 11.8 Å². The molecule has 0 aromatic carbocycles. The molecule has 1 rings (SSSR count). The maximum atomic E-state index is 8.78. The first kappa shape index (κ1) is 10.1. The number of rotatable bonds is 3. The van der Waals surface area contributed by atoms with Gasteiger partial charge in [-0.1, -0.05) is 48.0 Å². The van der Waals surface area contributed by atoms with Gasteiger partial charge in [-0.05, 0) is 12.3 Å². The van der Waals surface area contributed by atoms with Crippen LogP contribution in [0.3, 0.4) is 0 Å². The van der Waals surface area contributed by atoms with Crippen LogP contribution in [0.1, 0.15) is 38.5 Å². The Morgan fingerprint density at radius 3 is 2.50 bits per heavy atom. The maximum absolute atomic E-state index is 8.78. The van der Waals surface area contributed by atoms with Gasteiger partial charge in [-0.15, -0.1) is 0 Å². The van der Waals surface area contributed by atoms with E-state index in [4.69, 9.17) is 5.26 Å². The molecule has 1 nitrogen and oxygen atoms in total. The SMILES string of the molecule is N#CC(CBr)CC1CCCCC1. The molecule has 0 saturated heterocycles. The number of nitrogens with zero attached hydrogens (tertiary/aromatic N) is 1. The van der Waals surface area contributed by atoms with Gasteiger partial charge in [0.25, 0.3) is 0 Å². The van der Waals surface area contributed by atoms with Crippen LogP contribution in [-0.2, 0) is 0 Å². The zero-order valence-electron chi connectivity index (χ0n) is 7.43. The molecule has 1 aliphatic carbocycles. The first-order valence-electron chi connectivity index (χ1n) is 4.82. The molecule has 0 heterocycles. The number of nitriles is 1. The number of hydrogen-bond acceptors (Lipinski definition) is 1. The second kappa shape index (κ2) is 5.59. The molecule has 1 saturated carbocycles. The van der Waals surface area contributed by atoms with Gasteiger partial charge < -0.3 is 0 Å². The van der Waals surface area contributed by atoms with E-state index >= 15 is 0 Å². The largest absolute Gasteiger partial charge is 0.198 e. The fourth-order valence-electron chi connectivity index (χ4n) is 1.98. The molecule has 68 valence electrons. The highest BCUT2D eigenvalue weighted by Gasteiger charge is 2.17. The van der Waals surface area contributed by atoms with Crippen LogP contribution >= 0.6 is 15.9 Å². The molecule has 0 bridgehead atoms. The Morgan fingerprint density at radius 2 is 2.00 bits per heavy atom. The van der Waals surface area contributed by atoms with Gasteiger partial charge in [-0.25, -0.2) is 0 Å². The van der Waals surface area contributed by atoms with E-state index in [1.54, 1.807) is 0 Å². The zero-order valence-corrected chi connectivity index (χ0v) is 9.02. The lowest BCUT2D eigenvalue weighted by Crippen LogP contribution is -2.12. The van der Waals surface area contributed by atoms with Gasteiger partial charge in [0, 0.05) is 5.33 Å². The van der Waals surface area contributed by atoms with Crippen molar-refractivity contribution in [3.05, 3.63) is 0 Å². The first-order chi connectivity index (χ1) is 5.86. The molecule has 0 radical (unpaired) electrons. The summed E-state index contributed by atoms with van der Waals surface area (Å²) < 4.78 is 0. The average Bonchev–Trinajstić information content (AvgIpc) is 2.16. The lowest BCUT2D eigenvalue weighted by Gasteiger charge is -2.22. The minimum absolute atomic E-state index is 0.244. The summed E-state index contributed by atoms with van der Waals surface area (Å²) in [5.41, 5.74) is 0. The van der Waals surface area contributed by atoms with E-state index in [9.17, 15) is 0 Å². The summed E-state index contributed by atoms with van der Waals surface area (Å²) in [5, 5.41) is 9.62. The van der Waals surface area contributed by atoms with Crippen molar-refractivity contribution in [2.45, 2.75) is 38.5 Å². The van der Waals surface area contributed by atoms with Crippen LogP contribution in [0.15, 0.2) is 0 Å². The molecule has 1 fully saturated rings. The Morgan fingerprint density at radius 1 is 1.33 bits per heavy atom. The third-order valence-electron chi connectivity index (χ3n) is 2.71. The highest BCUT2D eigenvalue weighted by molar-refractivity contribution is 9.09. The first-order valence-corrected chi connectivity index (χ1v) is 5.94. The third-order valence-corrected chi connectivity index (χ3v) is 3.49. The maximum Gasteiger partial charge on any atom is 0.0664 e. The van der Waals surface area contributed by atoms with E-state index < -0.39 is 0 Å². The summed E-state index contributed by atoms with van der Waals surface area (Å²) in [6, 6.07) is 2.35. The van der Waals surface area contributed by atoms with Gasteiger partial charge in [0.05, 0.1) is 12.0 Å². The van der Waals surface area contributed by atoms with Crippen molar-refractivity contribution in [1.82, 2.24) is 0 Å². The van der Waals surface area contributed by atoms with Crippen LogP contribution in [0, 0.1) is 23.2 Å². The van der Waals surface area contributed by atoms with Gasteiger partial charge in [-0.3, -0.25) is 0 Å². The monoisotopic (exact) mass is 229 g/mol. The molecule has 2 heteroatoms. The van der Waals surface area contributed by atoms with E-state index in [0.29, 0.717) is 0 Å². The van der Waals surface area contributed by atoms with E-state index in [1.807, 2.05) is 0 Å². The number of hydrogen-bond donors (Lipinski definition) is 0. The van der Waals surface area contributed by atoms with Gasteiger partial charge in [0.2, 0.25) is 0 Å². The number of alkyl halides is 1. The van der Waals surface area contributed by atoms with E-state index in [-0.39, 0.29) is 5.92 Å². The fourth-order valence-corrected chi connectivity index (χ4v) is 2.38. The van der Waals surface area contributed by atoms with Crippen molar-refractivity contribution in [1.29, 1.82) is 5.26 Å². The summed E-state index contributed by atoms with van der Waals surface area (Å²) >= 11 is 3.38. The molecule has 1 aliphatic rings. The molecule has 0 aromatic rings. The summed E-state index contributed by atoms with van der Waals surface area (Å²) in [5.74, 6) is 1.08. The molecule has 1 atom stereocenters.